The Labute approximate surface area is 198 Å². The van der Waals surface area contributed by atoms with Crippen LogP contribution in [0.1, 0.15) is 52.4 Å². The minimum Gasteiger partial charge on any atom is -0.483 e. The summed E-state index contributed by atoms with van der Waals surface area (Å²) in [4.78, 5) is 25.5. The average molecular weight is 464 g/mol. The first kappa shape index (κ1) is 23.1. The van der Waals surface area contributed by atoms with E-state index in [0.29, 0.717) is 16.3 Å². The summed E-state index contributed by atoms with van der Waals surface area (Å²) in [5.41, 5.74) is 6.92. The van der Waals surface area contributed by atoms with Crippen LogP contribution in [0.4, 0.5) is 5.00 Å². The van der Waals surface area contributed by atoms with E-state index >= 15 is 0 Å². The third-order valence-corrected chi connectivity index (χ3v) is 6.78. The van der Waals surface area contributed by atoms with Gasteiger partial charge >= 0.3 is 5.97 Å². The number of esters is 1. The molecule has 0 unspecified atom stereocenters. The van der Waals surface area contributed by atoms with Gasteiger partial charge in [0, 0.05) is 10.9 Å². The molecule has 0 atom stereocenters. The van der Waals surface area contributed by atoms with Crippen LogP contribution in [-0.2, 0) is 22.4 Å². The van der Waals surface area contributed by atoms with E-state index in [9.17, 15) is 9.59 Å². The topological polar surface area (TPSA) is 64.6 Å². The highest BCUT2D eigenvalue weighted by Crippen LogP contribution is 2.38. The summed E-state index contributed by atoms with van der Waals surface area (Å²) in [5, 5.41) is 5.26. The molecule has 0 fully saturated rings. The van der Waals surface area contributed by atoms with Crippen LogP contribution in [0, 0.1) is 13.8 Å². The Morgan fingerprint density at radius 3 is 2.61 bits per heavy atom. The highest BCUT2D eigenvalue weighted by Gasteiger charge is 2.24. The Morgan fingerprint density at radius 2 is 1.82 bits per heavy atom. The number of aryl methyl sites for hydroxylation is 4. The third kappa shape index (κ3) is 5.28. The zero-order valence-electron chi connectivity index (χ0n) is 19.3. The van der Waals surface area contributed by atoms with Gasteiger partial charge in [0.05, 0.1) is 6.61 Å². The van der Waals surface area contributed by atoms with Crippen molar-refractivity contribution in [1.82, 2.24) is 0 Å². The highest BCUT2D eigenvalue weighted by atomic mass is 32.1. The van der Waals surface area contributed by atoms with Crippen LogP contribution in [0.15, 0.2) is 41.8 Å². The fourth-order valence-electron chi connectivity index (χ4n) is 4.14. The maximum absolute atomic E-state index is 12.9. The molecule has 1 aliphatic rings. The average Bonchev–Trinajstić information content (AvgIpc) is 3.23. The van der Waals surface area contributed by atoms with E-state index in [2.05, 4.69) is 23.5 Å². The molecule has 6 heteroatoms. The van der Waals surface area contributed by atoms with Crippen LogP contribution in [0.5, 0.6) is 5.75 Å². The Hall–Kier alpha value is -3.12. The number of fused-ring (bicyclic) bond motifs is 1. The Balaban J connectivity index is 1.57. The molecule has 0 bridgehead atoms. The molecule has 0 saturated carbocycles. The molecule has 0 radical (unpaired) electrons. The number of amides is 1. The third-order valence-electron chi connectivity index (χ3n) is 5.89. The molecule has 1 aliphatic carbocycles. The van der Waals surface area contributed by atoms with Crippen LogP contribution in [-0.4, -0.2) is 25.1 Å². The highest BCUT2D eigenvalue weighted by molar-refractivity contribution is 7.15. The van der Waals surface area contributed by atoms with Crippen LogP contribution < -0.4 is 10.1 Å². The smallest absolute Gasteiger partial charge is 0.341 e. The molecular weight excluding hydrogens is 434 g/mol. The Bertz CT molecular complexity index is 1180. The number of ether oxygens (including phenoxy) is 2. The number of nitrogens with one attached hydrogen (secondary N) is 1. The molecule has 33 heavy (non-hydrogen) atoms. The summed E-state index contributed by atoms with van der Waals surface area (Å²) >= 11 is 1.33. The molecular formula is C27H29NO4S. The van der Waals surface area contributed by atoms with Gasteiger partial charge in [0.2, 0.25) is 0 Å². The Morgan fingerprint density at radius 1 is 1.03 bits per heavy atom. The molecule has 5 nitrogen and oxygen atoms in total. The summed E-state index contributed by atoms with van der Waals surface area (Å²) in [6.07, 6.45) is 4.57. The molecule has 4 rings (SSSR count). The molecule has 1 heterocycles. The molecule has 1 amide bonds. The number of hydrogen-bond acceptors (Lipinski definition) is 5. The zero-order valence-corrected chi connectivity index (χ0v) is 20.1. The number of rotatable bonds is 7. The maximum Gasteiger partial charge on any atom is 0.341 e. The van der Waals surface area contributed by atoms with E-state index in [1.807, 2.05) is 37.4 Å². The maximum atomic E-state index is 12.9. The van der Waals surface area contributed by atoms with Crippen molar-refractivity contribution in [3.63, 3.8) is 0 Å². The zero-order chi connectivity index (χ0) is 23.4. The van der Waals surface area contributed by atoms with Gasteiger partial charge in [-0.1, -0.05) is 30.3 Å². The lowest BCUT2D eigenvalue weighted by molar-refractivity contribution is -0.118. The lowest BCUT2D eigenvalue weighted by Gasteiger charge is -2.17. The van der Waals surface area contributed by atoms with E-state index in [4.69, 9.17) is 9.47 Å². The quantitative estimate of drug-likeness (QED) is 0.430. The van der Waals surface area contributed by atoms with Crippen molar-refractivity contribution in [3.05, 3.63) is 69.6 Å². The normalized spacial score (nSPS) is 12.7. The summed E-state index contributed by atoms with van der Waals surface area (Å²) < 4.78 is 11.1. The number of benzene rings is 2. The van der Waals surface area contributed by atoms with Gasteiger partial charge in [0.15, 0.2) is 6.61 Å². The van der Waals surface area contributed by atoms with E-state index in [1.165, 1.54) is 35.3 Å². The van der Waals surface area contributed by atoms with Crippen molar-refractivity contribution in [2.24, 2.45) is 0 Å². The molecule has 1 N–H and O–H groups in total. The first-order valence-corrected chi connectivity index (χ1v) is 12.2. The summed E-state index contributed by atoms with van der Waals surface area (Å²) in [7, 11) is 0. The second kappa shape index (κ2) is 10.2. The predicted molar refractivity (Wildman–Crippen MR) is 132 cm³/mol. The minimum atomic E-state index is -0.433. The van der Waals surface area contributed by atoms with Crippen LogP contribution >= 0.6 is 11.3 Å². The van der Waals surface area contributed by atoms with Gasteiger partial charge in [-0.3, -0.25) is 4.79 Å². The van der Waals surface area contributed by atoms with E-state index < -0.39 is 5.97 Å². The minimum absolute atomic E-state index is 0.140. The van der Waals surface area contributed by atoms with Gasteiger partial charge in [-0.25, -0.2) is 4.79 Å². The fraction of sp³-hybridized carbons (Fsp3) is 0.333. The van der Waals surface area contributed by atoms with Crippen LogP contribution in [0.3, 0.4) is 0 Å². The van der Waals surface area contributed by atoms with Crippen molar-refractivity contribution in [1.29, 1.82) is 0 Å². The summed E-state index contributed by atoms with van der Waals surface area (Å²) in [6.45, 7) is 5.82. The molecule has 0 aliphatic heterocycles. The van der Waals surface area contributed by atoms with Crippen LogP contribution in [0.2, 0.25) is 0 Å². The lowest BCUT2D eigenvalue weighted by Crippen LogP contribution is -2.21. The standard InChI is InChI=1S/C27H29NO4S/c1-4-31-27(30)25-22(21-12-11-19-7-5-6-8-20(19)14-21)16-33-26(25)28-24(29)15-32-23-13-17(2)9-10-18(23)3/h9-14,16H,4-8,15H2,1-3H3,(H,28,29). The first-order chi connectivity index (χ1) is 16.0. The van der Waals surface area contributed by atoms with E-state index in [0.717, 1.165) is 35.1 Å². The summed E-state index contributed by atoms with van der Waals surface area (Å²) in [5.74, 6) is -0.0748. The molecule has 0 saturated heterocycles. The van der Waals surface area contributed by atoms with Gasteiger partial charge in [-0.05, 0) is 80.3 Å². The first-order valence-electron chi connectivity index (χ1n) is 11.4. The fourth-order valence-corrected chi connectivity index (χ4v) is 5.11. The monoisotopic (exact) mass is 463 g/mol. The van der Waals surface area contributed by atoms with Gasteiger partial charge in [0.1, 0.15) is 16.3 Å². The number of thiophene rings is 1. The summed E-state index contributed by atoms with van der Waals surface area (Å²) in [6, 6.07) is 12.3. The van der Waals surface area contributed by atoms with Crippen molar-refractivity contribution in [2.45, 2.75) is 46.5 Å². The van der Waals surface area contributed by atoms with Gasteiger partial charge in [-0.15, -0.1) is 11.3 Å². The SMILES string of the molecule is CCOC(=O)c1c(-c2ccc3c(c2)CCCC3)csc1NC(=O)COc1cc(C)ccc1C. The number of carbonyl (C=O) groups is 2. The van der Waals surface area contributed by atoms with Crippen LogP contribution in [0.25, 0.3) is 11.1 Å². The van der Waals surface area contributed by atoms with Crippen molar-refractivity contribution < 1.29 is 19.1 Å². The molecule has 172 valence electrons. The number of hydrogen-bond donors (Lipinski definition) is 1. The Kier molecular flexibility index (Phi) is 7.14. The van der Waals surface area contributed by atoms with E-state index in [-0.39, 0.29) is 19.1 Å². The predicted octanol–water partition coefficient (Wildman–Crippen LogP) is 6.10. The van der Waals surface area contributed by atoms with E-state index in [1.54, 1.807) is 6.92 Å². The largest absolute Gasteiger partial charge is 0.483 e. The molecule has 2 aromatic carbocycles. The molecule has 1 aromatic heterocycles. The second-order valence-corrected chi connectivity index (χ2v) is 9.25. The second-order valence-electron chi connectivity index (χ2n) is 8.37. The number of anilines is 1. The molecule has 0 spiro atoms. The number of carbonyl (C=O) groups excluding carboxylic acids is 2. The van der Waals surface area contributed by atoms with Crippen molar-refractivity contribution in [3.8, 4) is 16.9 Å². The lowest BCUT2D eigenvalue weighted by atomic mass is 9.89. The van der Waals surface area contributed by atoms with Crippen molar-refractivity contribution in [2.75, 3.05) is 18.5 Å². The van der Waals surface area contributed by atoms with Gasteiger partial charge in [0.25, 0.3) is 5.91 Å². The van der Waals surface area contributed by atoms with Gasteiger partial charge in [-0.2, -0.15) is 0 Å². The van der Waals surface area contributed by atoms with Gasteiger partial charge < -0.3 is 14.8 Å². The van der Waals surface area contributed by atoms with Crippen molar-refractivity contribution >= 4 is 28.2 Å². The molecule has 3 aromatic rings.